The van der Waals surface area contributed by atoms with Crippen LogP contribution in [0.3, 0.4) is 0 Å². The second-order valence-electron chi connectivity index (χ2n) is 4.97. The third kappa shape index (κ3) is 2.39. The standard InChI is InChI=1S/C19H17/c1-2-3-4-8-15-11-7-12-18-13-16-9-5-6-10-17(16)14-19(15)18/h1-2,5-7,9-14H,3-4,8H2. The Morgan fingerprint density at radius 3 is 2.37 bits per heavy atom. The van der Waals surface area contributed by atoms with Crippen molar-refractivity contribution in [2.24, 2.45) is 0 Å². The number of benzene rings is 3. The predicted octanol–water partition coefficient (Wildman–Crippen LogP) is 5.30. The van der Waals surface area contributed by atoms with Gasteiger partial charge in [0.1, 0.15) is 0 Å². The van der Waals surface area contributed by atoms with Gasteiger partial charge in [0.2, 0.25) is 0 Å². The van der Waals surface area contributed by atoms with Gasteiger partial charge in [-0.1, -0.05) is 55.1 Å². The summed E-state index contributed by atoms with van der Waals surface area (Å²) in [4.78, 5) is 0. The first-order valence-corrected chi connectivity index (χ1v) is 6.82. The minimum Gasteiger partial charge on any atom is -0.0845 e. The third-order valence-corrected chi connectivity index (χ3v) is 3.65. The molecule has 0 saturated carbocycles. The molecule has 0 bridgehead atoms. The normalized spacial score (nSPS) is 10.9. The molecule has 0 heterocycles. The minimum atomic E-state index is 0.976. The number of allylic oxidation sites excluding steroid dienone is 1. The molecule has 0 fully saturated rings. The molecule has 0 unspecified atom stereocenters. The van der Waals surface area contributed by atoms with Crippen LogP contribution in [0.25, 0.3) is 21.5 Å². The van der Waals surface area contributed by atoms with E-state index in [1.54, 1.807) is 6.08 Å². The summed E-state index contributed by atoms with van der Waals surface area (Å²) in [6, 6.07) is 19.7. The minimum absolute atomic E-state index is 0.976. The van der Waals surface area contributed by atoms with Crippen molar-refractivity contribution in [1.29, 1.82) is 0 Å². The molecule has 0 aliphatic heterocycles. The predicted molar refractivity (Wildman–Crippen MR) is 83.3 cm³/mol. The fourth-order valence-electron chi connectivity index (χ4n) is 2.66. The first kappa shape index (κ1) is 12.0. The van der Waals surface area contributed by atoms with Crippen molar-refractivity contribution in [3.05, 3.63) is 72.8 Å². The van der Waals surface area contributed by atoms with Crippen LogP contribution in [0.1, 0.15) is 18.4 Å². The number of rotatable bonds is 4. The summed E-state index contributed by atoms with van der Waals surface area (Å²) < 4.78 is 0. The van der Waals surface area contributed by atoms with Crippen LogP contribution >= 0.6 is 0 Å². The van der Waals surface area contributed by atoms with Gasteiger partial charge in [0.25, 0.3) is 0 Å². The lowest BCUT2D eigenvalue weighted by Crippen LogP contribution is -1.87. The van der Waals surface area contributed by atoms with Gasteiger partial charge in [-0.15, -0.1) is 0 Å². The van der Waals surface area contributed by atoms with Crippen molar-refractivity contribution in [3.63, 3.8) is 0 Å². The van der Waals surface area contributed by atoms with E-state index < -0.39 is 0 Å². The molecule has 0 spiro atoms. The first-order valence-electron chi connectivity index (χ1n) is 6.82. The van der Waals surface area contributed by atoms with Crippen LogP contribution in [0.2, 0.25) is 0 Å². The highest BCUT2D eigenvalue weighted by Gasteiger charge is 2.02. The Morgan fingerprint density at radius 1 is 0.842 bits per heavy atom. The van der Waals surface area contributed by atoms with Gasteiger partial charge in [-0.25, -0.2) is 0 Å². The molecule has 3 rings (SSSR count). The lowest BCUT2D eigenvalue weighted by atomic mass is 9.97. The average molecular weight is 245 g/mol. The lowest BCUT2D eigenvalue weighted by molar-refractivity contribution is 0.848. The molecule has 0 atom stereocenters. The van der Waals surface area contributed by atoms with Gasteiger partial charge in [0.15, 0.2) is 0 Å². The van der Waals surface area contributed by atoms with E-state index in [9.17, 15) is 0 Å². The molecule has 1 radical (unpaired) electrons. The van der Waals surface area contributed by atoms with Crippen molar-refractivity contribution >= 4 is 21.5 Å². The molecular formula is C19H17. The van der Waals surface area contributed by atoms with Crippen molar-refractivity contribution < 1.29 is 0 Å². The highest BCUT2D eigenvalue weighted by molar-refractivity contribution is 5.99. The summed E-state index contributed by atoms with van der Waals surface area (Å²) in [5, 5.41) is 5.32. The Labute approximate surface area is 114 Å². The number of fused-ring (bicyclic) bond motifs is 2. The second kappa shape index (κ2) is 5.27. The van der Waals surface area contributed by atoms with Crippen molar-refractivity contribution in [1.82, 2.24) is 0 Å². The van der Waals surface area contributed by atoms with E-state index >= 15 is 0 Å². The topological polar surface area (TPSA) is 0 Å². The Balaban J connectivity index is 2.12. The molecular weight excluding hydrogens is 228 g/mol. The maximum Gasteiger partial charge on any atom is -0.0146 e. The van der Waals surface area contributed by atoms with Gasteiger partial charge in [-0.3, -0.25) is 0 Å². The molecule has 0 heteroatoms. The molecule has 3 aromatic carbocycles. The molecule has 93 valence electrons. The fraction of sp³-hybridized carbons (Fsp3) is 0.158. The van der Waals surface area contributed by atoms with Crippen molar-refractivity contribution in [3.8, 4) is 0 Å². The summed E-state index contributed by atoms with van der Waals surface area (Å²) in [6.07, 6.45) is 4.93. The quantitative estimate of drug-likeness (QED) is 0.432. The van der Waals surface area contributed by atoms with Crippen LogP contribution in [0.5, 0.6) is 0 Å². The largest absolute Gasteiger partial charge is 0.0845 e. The van der Waals surface area contributed by atoms with E-state index in [-0.39, 0.29) is 0 Å². The smallest absolute Gasteiger partial charge is 0.0146 e. The van der Waals surface area contributed by atoms with Crippen LogP contribution in [-0.2, 0) is 6.42 Å². The summed E-state index contributed by atoms with van der Waals surface area (Å²) in [6.45, 7) is 5.45. The van der Waals surface area contributed by atoms with Gasteiger partial charge in [0.05, 0.1) is 0 Å². The molecule has 0 amide bonds. The molecule has 0 nitrogen and oxygen atoms in total. The Morgan fingerprint density at radius 2 is 1.58 bits per heavy atom. The van der Waals surface area contributed by atoms with Gasteiger partial charge < -0.3 is 0 Å². The Hall–Kier alpha value is -2.08. The number of hydrogen-bond acceptors (Lipinski definition) is 0. The monoisotopic (exact) mass is 245 g/mol. The van der Waals surface area contributed by atoms with Gasteiger partial charge in [-0.2, -0.15) is 0 Å². The van der Waals surface area contributed by atoms with E-state index in [4.69, 9.17) is 6.58 Å². The molecule has 0 N–H and O–H groups in total. The lowest BCUT2D eigenvalue weighted by Gasteiger charge is -2.08. The highest BCUT2D eigenvalue weighted by atomic mass is 14.1. The zero-order valence-electron chi connectivity index (χ0n) is 11.0. The van der Waals surface area contributed by atoms with Crippen molar-refractivity contribution in [2.45, 2.75) is 19.3 Å². The SMILES string of the molecule is [CH]=CCCCc1cccc2cc3ccccc3cc12. The average Bonchev–Trinajstić information content (AvgIpc) is 2.46. The fourth-order valence-corrected chi connectivity index (χ4v) is 2.66. The van der Waals surface area contributed by atoms with E-state index in [1.165, 1.54) is 27.1 Å². The summed E-state index contributed by atoms with van der Waals surface area (Å²) >= 11 is 0. The number of unbranched alkanes of at least 4 members (excludes halogenated alkanes) is 1. The number of aryl methyl sites for hydroxylation is 1. The van der Waals surface area contributed by atoms with Crippen molar-refractivity contribution in [2.75, 3.05) is 0 Å². The zero-order chi connectivity index (χ0) is 13.1. The third-order valence-electron chi connectivity index (χ3n) is 3.65. The maximum absolute atomic E-state index is 5.45. The van der Waals surface area contributed by atoms with Crippen LogP contribution < -0.4 is 0 Å². The van der Waals surface area contributed by atoms with E-state index in [2.05, 4.69) is 54.6 Å². The molecule has 19 heavy (non-hydrogen) atoms. The molecule has 0 aliphatic rings. The van der Waals surface area contributed by atoms with Crippen LogP contribution in [0.4, 0.5) is 0 Å². The number of hydrogen-bond donors (Lipinski definition) is 0. The Kier molecular flexibility index (Phi) is 3.33. The summed E-state index contributed by atoms with van der Waals surface area (Å²) in [5.74, 6) is 0. The molecule has 0 aliphatic carbocycles. The van der Waals surface area contributed by atoms with Gasteiger partial charge in [0, 0.05) is 0 Å². The van der Waals surface area contributed by atoms with Gasteiger partial charge >= 0.3 is 0 Å². The molecule has 0 aromatic heterocycles. The summed E-state index contributed by atoms with van der Waals surface area (Å²) in [7, 11) is 0. The molecule has 3 aromatic rings. The molecule has 0 saturated heterocycles. The highest BCUT2D eigenvalue weighted by Crippen LogP contribution is 2.26. The van der Waals surface area contributed by atoms with Crippen LogP contribution in [0.15, 0.2) is 60.7 Å². The van der Waals surface area contributed by atoms with Crippen LogP contribution in [-0.4, -0.2) is 0 Å². The van der Waals surface area contributed by atoms with Crippen LogP contribution in [0, 0.1) is 6.58 Å². The van der Waals surface area contributed by atoms with E-state index in [0.29, 0.717) is 0 Å². The van der Waals surface area contributed by atoms with Gasteiger partial charge in [-0.05, 0) is 58.5 Å². The zero-order valence-corrected chi connectivity index (χ0v) is 11.0. The first-order chi connectivity index (χ1) is 9.38. The summed E-state index contributed by atoms with van der Waals surface area (Å²) in [5.41, 5.74) is 1.42. The maximum atomic E-state index is 5.45. The Bertz CT molecular complexity index is 722. The second-order valence-corrected chi connectivity index (χ2v) is 4.97. The van der Waals surface area contributed by atoms with E-state index in [1.807, 2.05) is 0 Å². The van der Waals surface area contributed by atoms with E-state index in [0.717, 1.165) is 19.3 Å².